The summed E-state index contributed by atoms with van der Waals surface area (Å²) in [7, 11) is 0. The van der Waals surface area contributed by atoms with E-state index in [0.29, 0.717) is 0 Å². The smallest absolute Gasteiger partial charge is 0.358 e. The van der Waals surface area contributed by atoms with Crippen molar-refractivity contribution in [3.05, 3.63) is 122 Å². The number of para-hydroxylation sites is 2. The van der Waals surface area contributed by atoms with Crippen molar-refractivity contribution < 1.29 is 9.85 Å². The van der Waals surface area contributed by atoms with E-state index >= 15 is 0 Å². The molecule has 2 N–H and O–H groups in total. The van der Waals surface area contributed by atoms with Crippen molar-refractivity contribution in [2.75, 3.05) is 10.6 Å². The zero-order valence-corrected chi connectivity index (χ0v) is 17.1. The molecule has 0 radical (unpaired) electrons. The number of rotatable bonds is 6. The third-order valence-corrected chi connectivity index (χ3v) is 5.66. The maximum atomic E-state index is 11.7. The maximum Gasteiger partial charge on any atom is 0.386 e. The molecule has 3 aromatic carbocycles. The molecule has 1 aliphatic rings. The van der Waals surface area contributed by atoms with E-state index < -0.39 is 15.5 Å². The van der Waals surface area contributed by atoms with E-state index in [1.807, 2.05) is 48.5 Å². The molecule has 0 aliphatic heterocycles. The molecule has 4 aromatic rings. The van der Waals surface area contributed by atoms with Gasteiger partial charge in [-0.15, -0.1) is 0 Å². The first-order valence-electron chi connectivity index (χ1n) is 10.1. The molecule has 0 spiro atoms. The monoisotopic (exact) mass is 439 g/mol. The predicted octanol–water partition coefficient (Wildman–Crippen LogP) is 5.30. The second-order valence-corrected chi connectivity index (χ2v) is 7.50. The molecule has 1 heterocycles. The number of nitrogens with one attached hydrogen (secondary N) is 2. The number of hydrogen-bond donors (Lipinski definition) is 2. The van der Waals surface area contributed by atoms with Crippen LogP contribution < -0.4 is 10.6 Å². The maximum absolute atomic E-state index is 11.7. The molecule has 1 aromatic heterocycles. The second-order valence-electron chi connectivity index (χ2n) is 7.50. The minimum Gasteiger partial charge on any atom is -0.358 e. The Morgan fingerprint density at radius 3 is 1.85 bits per heavy atom. The van der Waals surface area contributed by atoms with Crippen molar-refractivity contribution >= 4 is 22.9 Å². The number of benzene rings is 3. The van der Waals surface area contributed by atoms with Crippen LogP contribution >= 0.6 is 0 Å². The van der Waals surface area contributed by atoms with E-state index in [2.05, 4.69) is 15.6 Å². The van der Waals surface area contributed by atoms with Gasteiger partial charge < -0.3 is 20.7 Å². The van der Waals surface area contributed by atoms with Crippen LogP contribution in [0.2, 0.25) is 0 Å². The predicted molar refractivity (Wildman–Crippen MR) is 124 cm³/mol. The fraction of sp³-hybridized carbons (Fsp3) is 0.0417. The van der Waals surface area contributed by atoms with Crippen LogP contribution in [0.15, 0.2) is 91.1 Å². The van der Waals surface area contributed by atoms with Gasteiger partial charge >= 0.3 is 5.82 Å². The van der Waals surface area contributed by atoms with Crippen molar-refractivity contribution in [1.82, 2.24) is 4.98 Å². The number of nitro benzene ring substituents is 1. The topological polar surface area (TPSA) is 123 Å². The first-order chi connectivity index (χ1) is 16.0. The van der Waals surface area contributed by atoms with Crippen LogP contribution in [-0.2, 0) is 5.66 Å². The molecule has 1 aliphatic carbocycles. The van der Waals surface area contributed by atoms with Crippen molar-refractivity contribution in [3.63, 3.8) is 0 Å². The van der Waals surface area contributed by atoms with Gasteiger partial charge in [-0.05, 0) is 39.2 Å². The highest BCUT2D eigenvalue weighted by Crippen LogP contribution is 2.50. The number of nitro groups is 2. The Hall–Kier alpha value is -4.79. The summed E-state index contributed by atoms with van der Waals surface area (Å²) in [6, 6.07) is 24.7. The van der Waals surface area contributed by atoms with Crippen LogP contribution in [0, 0.1) is 20.2 Å². The average Bonchev–Trinajstić information content (AvgIpc) is 3.09. The Balaban J connectivity index is 1.78. The van der Waals surface area contributed by atoms with Crippen molar-refractivity contribution in [2.45, 2.75) is 5.66 Å². The van der Waals surface area contributed by atoms with Crippen molar-refractivity contribution in [1.29, 1.82) is 0 Å². The van der Waals surface area contributed by atoms with Crippen LogP contribution in [0.3, 0.4) is 0 Å². The standard InChI is InChI=1S/C24H17N5O4/c30-28(31)22-14-6-5-12-20(22)26-24(27-21-13-7-15-25-23(21)29(32)33)18-10-3-1-8-16(18)17-9-2-4-11-19(17)24/h1-15,26-27H. The highest BCUT2D eigenvalue weighted by molar-refractivity contribution is 5.85. The summed E-state index contributed by atoms with van der Waals surface area (Å²) < 4.78 is 0. The largest absolute Gasteiger partial charge is 0.386 e. The SMILES string of the molecule is O=[N+]([O-])c1ccccc1NC1(Nc2cccnc2[N+](=O)[O-])c2ccccc2-c2ccccc21. The second kappa shape index (κ2) is 7.72. The summed E-state index contributed by atoms with van der Waals surface area (Å²) in [5.41, 5.74) is 2.50. The van der Waals surface area contributed by atoms with E-state index in [9.17, 15) is 20.2 Å². The van der Waals surface area contributed by atoms with Gasteiger partial charge in [0.2, 0.25) is 0 Å². The summed E-state index contributed by atoms with van der Waals surface area (Å²) in [6.45, 7) is 0. The summed E-state index contributed by atoms with van der Waals surface area (Å²) in [5.74, 6) is -0.344. The minimum absolute atomic E-state index is 0.110. The molecule has 0 amide bonds. The molecule has 162 valence electrons. The lowest BCUT2D eigenvalue weighted by molar-refractivity contribution is -0.388. The van der Waals surface area contributed by atoms with Gasteiger partial charge in [-0.2, -0.15) is 0 Å². The zero-order valence-electron chi connectivity index (χ0n) is 17.1. The van der Waals surface area contributed by atoms with Crippen LogP contribution in [0.4, 0.5) is 22.9 Å². The Morgan fingerprint density at radius 2 is 1.21 bits per heavy atom. The molecular formula is C24H17N5O4. The Bertz CT molecular complexity index is 1300. The number of fused-ring (bicyclic) bond motifs is 3. The van der Waals surface area contributed by atoms with Gasteiger partial charge in [0.1, 0.15) is 17.6 Å². The molecule has 5 rings (SSSR count). The highest BCUT2D eigenvalue weighted by Gasteiger charge is 2.45. The van der Waals surface area contributed by atoms with E-state index in [0.717, 1.165) is 22.3 Å². The minimum atomic E-state index is -1.23. The lowest BCUT2D eigenvalue weighted by Gasteiger charge is -2.35. The summed E-state index contributed by atoms with van der Waals surface area (Å²) in [4.78, 5) is 26.3. The Labute approximate surface area is 188 Å². The van der Waals surface area contributed by atoms with E-state index in [1.54, 1.807) is 30.3 Å². The molecule has 0 unspecified atom stereocenters. The number of aromatic nitrogens is 1. The molecule has 9 nitrogen and oxygen atoms in total. The molecule has 9 heteroatoms. The quantitative estimate of drug-likeness (QED) is 0.237. The van der Waals surface area contributed by atoms with Gasteiger partial charge in [0, 0.05) is 17.2 Å². The Kier molecular flexibility index (Phi) is 4.71. The molecule has 0 saturated heterocycles. The van der Waals surface area contributed by atoms with Gasteiger partial charge in [0.15, 0.2) is 5.66 Å². The third kappa shape index (κ3) is 3.23. The third-order valence-electron chi connectivity index (χ3n) is 5.66. The highest BCUT2D eigenvalue weighted by atomic mass is 16.6. The number of pyridine rings is 1. The van der Waals surface area contributed by atoms with Crippen molar-refractivity contribution in [2.24, 2.45) is 0 Å². The first-order valence-corrected chi connectivity index (χ1v) is 10.1. The molecule has 0 saturated carbocycles. The number of anilines is 2. The van der Waals surface area contributed by atoms with Crippen LogP contribution in [-0.4, -0.2) is 14.8 Å². The van der Waals surface area contributed by atoms with E-state index in [-0.39, 0.29) is 22.9 Å². The van der Waals surface area contributed by atoms with Gasteiger partial charge in [-0.25, -0.2) is 0 Å². The van der Waals surface area contributed by atoms with Crippen LogP contribution in [0.5, 0.6) is 0 Å². The van der Waals surface area contributed by atoms with Gasteiger partial charge in [0.25, 0.3) is 5.69 Å². The van der Waals surface area contributed by atoms with Crippen LogP contribution in [0.25, 0.3) is 11.1 Å². The zero-order chi connectivity index (χ0) is 23.0. The first kappa shape index (κ1) is 20.1. The van der Waals surface area contributed by atoms with Gasteiger partial charge in [-0.3, -0.25) is 10.1 Å². The molecular weight excluding hydrogens is 422 g/mol. The average molecular weight is 439 g/mol. The Morgan fingerprint density at radius 1 is 0.667 bits per heavy atom. The number of nitrogens with zero attached hydrogens (tertiary/aromatic N) is 3. The molecule has 33 heavy (non-hydrogen) atoms. The van der Waals surface area contributed by atoms with E-state index in [4.69, 9.17) is 0 Å². The fourth-order valence-corrected chi connectivity index (χ4v) is 4.32. The lowest BCUT2D eigenvalue weighted by Crippen LogP contribution is -2.43. The van der Waals surface area contributed by atoms with E-state index in [1.165, 1.54) is 12.3 Å². The van der Waals surface area contributed by atoms with Gasteiger partial charge in [0.05, 0.1) is 4.92 Å². The van der Waals surface area contributed by atoms with Crippen molar-refractivity contribution in [3.8, 4) is 11.1 Å². The summed E-state index contributed by atoms with van der Waals surface area (Å²) >= 11 is 0. The molecule has 0 atom stereocenters. The summed E-state index contributed by atoms with van der Waals surface area (Å²) in [5, 5.41) is 30.0. The van der Waals surface area contributed by atoms with Crippen LogP contribution in [0.1, 0.15) is 11.1 Å². The van der Waals surface area contributed by atoms with Gasteiger partial charge in [-0.1, -0.05) is 60.7 Å². The normalized spacial score (nSPS) is 13.0. The fourth-order valence-electron chi connectivity index (χ4n) is 4.32. The molecule has 0 bridgehead atoms. The lowest BCUT2D eigenvalue weighted by atomic mass is 9.95. The number of hydrogen-bond acceptors (Lipinski definition) is 7. The molecule has 0 fully saturated rings. The summed E-state index contributed by atoms with van der Waals surface area (Å²) in [6.07, 6.45) is 1.35.